The van der Waals surface area contributed by atoms with Gasteiger partial charge in [-0.25, -0.2) is 0 Å². The highest BCUT2D eigenvalue weighted by Gasteiger charge is 2.23. The largest absolute Gasteiger partial charge is 0.389 e. The number of benzene rings is 1. The lowest BCUT2D eigenvalue weighted by molar-refractivity contribution is -0.000893. The van der Waals surface area contributed by atoms with Crippen LogP contribution in [0.5, 0.6) is 0 Å². The smallest absolute Gasteiger partial charge is 0.0900 e. The van der Waals surface area contributed by atoms with E-state index in [1.165, 1.54) is 6.42 Å². The Hall–Kier alpha value is -0.900. The van der Waals surface area contributed by atoms with Crippen molar-refractivity contribution in [2.75, 3.05) is 26.2 Å². The van der Waals surface area contributed by atoms with Crippen LogP contribution < -0.4 is 0 Å². The number of likely N-dealkylation sites (tertiary alicyclic amines) is 1. The van der Waals surface area contributed by atoms with Gasteiger partial charge < -0.3 is 14.7 Å². The molecule has 3 nitrogen and oxygen atoms in total. The molecule has 3 atom stereocenters. The molecule has 20 heavy (non-hydrogen) atoms. The Morgan fingerprint density at radius 1 is 1.20 bits per heavy atom. The maximum Gasteiger partial charge on any atom is 0.0900 e. The molecule has 1 fully saturated rings. The van der Waals surface area contributed by atoms with Gasteiger partial charge in [-0.3, -0.25) is 0 Å². The van der Waals surface area contributed by atoms with Crippen molar-refractivity contribution in [3.05, 3.63) is 35.9 Å². The lowest BCUT2D eigenvalue weighted by Gasteiger charge is -2.35. The number of β-amino-alcohol motifs (C(OH)–C–C–N with tert-alkyl or cyclic N) is 1. The van der Waals surface area contributed by atoms with E-state index in [1.807, 2.05) is 30.3 Å². The Labute approximate surface area is 122 Å². The third-order valence-electron chi connectivity index (χ3n) is 3.84. The summed E-state index contributed by atoms with van der Waals surface area (Å²) >= 11 is 0. The van der Waals surface area contributed by atoms with E-state index in [-0.39, 0.29) is 0 Å². The highest BCUT2D eigenvalue weighted by Crippen LogP contribution is 2.20. The van der Waals surface area contributed by atoms with Gasteiger partial charge in [0.2, 0.25) is 0 Å². The minimum atomic E-state index is -0.392. The number of aliphatic hydroxyl groups excluding tert-OH is 1. The second kappa shape index (κ2) is 7.77. The van der Waals surface area contributed by atoms with Crippen molar-refractivity contribution in [3.63, 3.8) is 0 Å². The first kappa shape index (κ1) is 15.5. The second-order valence-electron chi connectivity index (χ2n) is 6.32. The fourth-order valence-electron chi connectivity index (χ4n) is 3.18. The first-order valence-corrected chi connectivity index (χ1v) is 7.65. The van der Waals surface area contributed by atoms with Gasteiger partial charge in [0, 0.05) is 19.6 Å². The Bertz CT molecular complexity index is 372. The summed E-state index contributed by atoms with van der Waals surface area (Å²) in [6.45, 7) is 8.49. The second-order valence-corrected chi connectivity index (χ2v) is 6.32. The number of aliphatic hydroxyl groups is 1. The normalized spacial score (nSPS) is 25.6. The van der Waals surface area contributed by atoms with Gasteiger partial charge in [-0.1, -0.05) is 44.2 Å². The number of hydrogen-bond acceptors (Lipinski definition) is 3. The van der Waals surface area contributed by atoms with Gasteiger partial charge in [-0.2, -0.15) is 0 Å². The molecule has 1 saturated heterocycles. The van der Waals surface area contributed by atoms with E-state index in [4.69, 9.17) is 4.74 Å². The van der Waals surface area contributed by atoms with Crippen molar-refractivity contribution in [1.82, 2.24) is 4.90 Å². The molecule has 3 heteroatoms. The van der Waals surface area contributed by atoms with Crippen LogP contribution in [0.4, 0.5) is 0 Å². The molecule has 1 aromatic rings. The molecule has 1 aromatic carbocycles. The number of rotatable bonds is 6. The molecule has 0 unspecified atom stereocenters. The monoisotopic (exact) mass is 277 g/mol. The Morgan fingerprint density at radius 2 is 1.85 bits per heavy atom. The summed E-state index contributed by atoms with van der Waals surface area (Å²) < 4.78 is 5.60. The van der Waals surface area contributed by atoms with Gasteiger partial charge in [0.05, 0.1) is 19.3 Å². The van der Waals surface area contributed by atoms with E-state index in [0.717, 1.165) is 37.0 Å². The molecule has 0 aliphatic carbocycles. The molecular weight excluding hydrogens is 250 g/mol. The lowest BCUT2D eigenvalue weighted by Crippen LogP contribution is -2.43. The van der Waals surface area contributed by atoms with Crippen LogP contribution in [-0.4, -0.2) is 42.4 Å². The van der Waals surface area contributed by atoms with Crippen LogP contribution in [-0.2, 0) is 11.3 Å². The molecule has 0 aromatic heterocycles. The first-order valence-electron chi connectivity index (χ1n) is 7.65. The van der Waals surface area contributed by atoms with Gasteiger partial charge in [0.1, 0.15) is 0 Å². The van der Waals surface area contributed by atoms with Crippen LogP contribution in [0.15, 0.2) is 30.3 Å². The van der Waals surface area contributed by atoms with Crippen LogP contribution in [0.1, 0.15) is 25.8 Å². The molecule has 1 N–H and O–H groups in total. The van der Waals surface area contributed by atoms with Gasteiger partial charge in [0.25, 0.3) is 0 Å². The van der Waals surface area contributed by atoms with E-state index in [2.05, 4.69) is 18.7 Å². The zero-order chi connectivity index (χ0) is 14.4. The topological polar surface area (TPSA) is 32.7 Å². The Morgan fingerprint density at radius 3 is 2.50 bits per heavy atom. The van der Waals surface area contributed by atoms with Gasteiger partial charge in [0.15, 0.2) is 0 Å². The van der Waals surface area contributed by atoms with E-state index in [9.17, 15) is 5.11 Å². The summed E-state index contributed by atoms with van der Waals surface area (Å²) in [6, 6.07) is 10.1. The quantitative estimate of drug-likeness (QED) is 0.867. The minimum Gasteiger partial charge on any atom is -0.389 e. The molecule has 0 amide bonds. The van der Waals surface area contributed by atoms with Gasteiger partial charge in [-0.15, -0.1) is 0 Å². The van der Waals surface area contributed by atoms with Crippen molar-refractivity contribution in [3.8, 4) is 0 Å². The Balaban J connectivity index is 1.66. The predicted molar refractivity (Wildman–Crippen MR) is 81.5 cm³/mol. The molecule has 0 radical (unpaired) electrons. The van der Waals surface area contributed by atoms with E-state index in [1.54, 1.807) is 0 Å². The summed E-state index contributed by atoms with van der Waals surface area (Å²) in [4.78, 5) is 2.37. The standard InChI is InChI=1S/C17H27NO2/c1-14-8-15(2)10-18(9-14)11-17(19)13-20-12-16-6-4-3-5-7-16/h3-7,14-15,17,19H,8-13H2,1-2H3/t14-,15-,17+/m1/s1. The van der Waals surface area contributed by atoms with Crippen LogP contribution in [0, 0.1) is 11.8 Å². The maximum atomic E-state index is 10.1. The number of nitrogens with zero attached hydrogens (tertiary/aromatic N) is 1. The highest BCUT2D eigenvalue weighted by atomic mass is 16.5. The molecule has 0 saturated carbocycles. The third kappa shape index (κ3) is 5.23. The molecule has 112 valence electrons. The SMILES string of the molecule is C[C@@H]1C[C@@H](C)CN(C[C@H](O)COCc2ccccc2)C1. The maximum absolute atomic E-state index is 10.1. The van der Waals surface area contributed by atoms with Crippen LogP contribution in [0.2, 0.25) is 0 Å². The van der Waals surface area contributed by atoms with Crippen molar-refractivity contribution in [1.29, 1.82) is 0 Å². The van der Waals surface area contributed by atoms with Gasteiger partial charge in [-0.05, 0) is 23.8 Å². The summed E-state index contributed by atoms with van der Waals surface area (Å²) in [7, 11) is 0. The molecule has 1 heterocycles. The average molecular weight is 277 g/mol. The van der Waals surface area contributed by atoms with Crippen molar-refractivity contribution >= 4 is 0 Å². The molecule has 1 aliphatic rings. The number of piperidine rings is 1. The molecule has 1 aliphatic heterocycles. The van der Waals surface area contributed by atoms with E-state index in [0.29, 0.717) is 13.2 Å². The highest BCUT2D eigenvalue weighted by molar-refractivity contribution is 5.13. The summed E-state index contributed by atoms with van der Waals surface area (Å²) in [5, 5.41) is 10.1. The number of hydrogen-bond donors (Lipinski definition) is 1. The Kier molecular flexibility index (Phi) is 6.02. The molecule has 0 spiro atoms. The lowest BCUT2D eigenvalue weighted by atomic mass is 9.92. The summed E-state index contributed by atoms with van der Waals surface area (Å²) in [5.41, 5.74) is 1.15. The van der Waals surface area contributed by atoms with Crippen molar-refractivity contribution in [2.24, 2.45) is 11.8 Å². The predicted octanol–water partition coefficient (Wildman–Crippen LogP) is 2.54. The fraction of sp³-hybridized carbons (Fsp3) is 0.647. The van der Waals surface area contributed by atoms with E-state index >= 15 is 0 Å². The number of ether oxygens (including phenoxy) is 1. The van der Waals surface area contributed by atoms with Crippen molar-refractivity contribution < 1.29 is 9.84 Å². The first-order chi connectivity index (χ1) is 9.63. The third-order valence-corrected chi connectivity index (χ3v) is 3.84. The van der Waals surface area contributed by atoms with E-state index < -0.39 is 6.10 Å². The minimum absolute atomic E-state index is 0.392. The summed E-state index contributed by atoms with van der Waals surface area (Å²) in [5.74, 6) is 1.47. The van der Waals surface area contributed by atoms with Crippen LogP contribution in [0.3, 0.4) is 0 Å². The van der Waals surface area contributed by atoms with Gasteiger partial charge >= 0.3 is 0 Å². The molecule has 2 rings (SSSR count). The van der Waals surface area contributed by atoms with Crippen LogP contribution in [0.25, 0.3) is 0 Å². The van der Waals surface area contributed by atoms with Crippen molar-refractivity contribution in [2.45, 2.75) is 33.0 Å². The zero-order valence-electron chi connectivity index (χ0n) is 12.7. The molecular formula is C17H27NO2. The average Bonchev–Trinajstić information content (AvgIpc) is 2.38. The fourth-order valence-corrected chi connectivity index (χ4v) is 3.18. The molecule has 0 bridgehead atoms. The zero-order valence-corrected chi connectivity index (χ0v) is 12.7. The van der Waals surface area contributed by atoms with Crippen LogP contribution >= 0.6 is 0 Å². The summed E-state index contributed by atoms with van der Waals surface area (Å²) in [6.07, 6.45) is 0.910.